The van der Waals surface area contributed by atoms with Gasteiger partial charge in [0.25, 0.3) is 11.1 Å². The molecule has 2 aromatic heterocycles. The third-order valence-corrected chi connectivity index (χ3v) is 6.77. The lowest BCUT2D eigenvalue weighted by Crippen LogP contribution is -2.36. The molecule has 0 saturated carbocycles. The number of carboxylic acid groups (broad SMARTS) is 1. The van der Waals surface area contributed by atoms with E-state index in [4.69, 9.17) is 21.1 Å². The maximum absolute atomic E-state index is 13.0. The van der Waals surface area contributed by atoms with Gasteiger partial charge in [-0.05, 0) is 60.3 Å². The molecule has 1 fully saturated rings. The molecular formula is C26H18ClN3O6S. The molecule has 1 saturated heterocycles. The lowest BCUT2D eigenvalue weighted by Gasteiger charge is -2.12. The first-order valence-corrected chi connectivity index (χ1v) is 12.2. The number of amides is 3. The maximum Gasteiger partial charge on any atom is 0.371 e. The lowest BCUT2D eigenvalue weighted by atomic mass is 10.1. The fourth-order valence-corrected chi connectivity index (χ4v) is 4.88. The molecule has 0 bridgehead atoms. The van der Waals surface area contributed by atoms with Crippen LogP contribution in [0.5, 0.6) is 0 Å². The number of hydrogen-bond donors (Lipinski definition) is 2. The summed E-state index contributed by atoms with van der Waals surface area (Å²) in [6.07, 6.45) is 3.42. The highest BCUT2D eigenvalue weighted by atomic mass is 35.5. The van der Waals surface area contributed by atoms with Crippen molar-refractivity contribution in [1.82, 2.24) is 9.47 Å². The summed E-state index contributed by atoms with van der Waals surface area (Å²) in [7, 11) is 0. The molecule has 186 valence electrons. The van der Waals surface area contributed by atoms with Crippen LogP contribution in [0.1, 0.15) is 21.9 Å². The summed E-state index contributed by atoms with van der Waals surface area (Å²) >= 11 is 6.61. The van der Waals surface area contributed by atoms with Gasteiger partial charge < -0.3 is 19.4 Å². The Hall–Kier alpha value is -4.28. The van der Waals surface area contributed by atoms with Crippen LogP contribution in [0.4, 0.5) is 10.5 Å². The van der Waals surface area contributed by atoms with E-state index in [1.165, 1.54) is 6.07 Å². The smallest absolute Gasteiger partial charge is 0.371 e. The lowest BCUT2D eigenvalue weighted by molar-refractivity contribution is -0.127. The fourth-order valence-electron chi connectivity index (χ4n) is 3.92. The largest absolute Gasteiger partial charge is 0.475 e. The third-order valence-electron chi connectivity index (χ3n) is 5.61. The first-order valence-electron chi connectivity index (χ1n) is 11.0. The molecule has 3 heterocycles. The van der Waals surface area contributed by atoms with Gasteiger partial charge in [0.2, 0.25) is 11.7 Å². The highest BCUT2D eigenvalue weighted by Gasteiger charge is 2.36. The van der Waals surface area contributed by atoms with Crippen molar-refractivity contribution in [2.24, 2.45) is 0 Å². The SMILES string of the molecule is O=C(CN1C(=O)S/C(=C\c2cn(Cc3ccc(C(=O)O)o3)c3ccccc23)C1=O)Nc1ccc(Cl)cc1. The topological polar surface area (TPSA) is 122 Å². The summed E-state index contributed by atoms with van der Waals surface area (Å²) in [5, 5.41) is 12.6. The Bertz CT molecular complexity index is 1590. The van der Waals surface area contributed by atoms with Gasteiger partial charge in [0.05, 0.1) is 11.4 Å². The summed E-state index contributed by atoms with van der Waals surface area (Å²) < 4.78 is 7.25. The average Bonchev–Trinajstić information content (AvgIpc) is 3.55. The molecule has 2 aromatic carbocycles. The average molecular weight is 536 g/mol. The van der Waals surface area contributed by atoms with Crippen LogP contribution >= 0.6 is 23.4 Å². The molecule has 0 atom stereocenters. The van der Waals surface area contributed by atoms with Gasteiger partial charge in [-0.1, -0.05) is 29.8 Å². The van der Waals surface area contributed by atoms with E-state index in [0.29, 0.717) is 22.0 Å². The molecule has 0 spiro atoms. The molecule has 0 aliphatic carbocycles. The number of imide groups is 1. The Morgan fingerprint density at radius 3 is 2.54 bits per heavy atom. The quantitative estimate of drug-likeness (QED) is 0.307. The minimum Gasteiger partial charge on any atom is -0.475 e. The normalized spacial score (nSPS) is 14.6. The van der Waals surface area contributed by atoms with Gasteiger partial charge in [0.1, 0.15) is 12.3 Å². The van der Waals surface area contributed by atoms with Crippen LogP contribution in [0.15, 0.2) is 76.2 Å². The number of hydrogen-bond acceptors (Lipinski definition) is 6. The number of carboxylic acids is 1. The number of carbonyl (C=O) groups is 4. The Kier molecular flexibility index (Phi) is 6.60. The zero-order valence-corrected chi connectivity index (χ0v) is 20.6. The van der Waals surface area contributed by atoms with Gasteiger partial charge in [0, 0.05) is 33.4 Å². The molecule has 3 amide bonds. The third kappa shape index (κ3) is 5.16. The second-order valence-electron chi connectivity index (χ2n) is 8.12. The Labute approximate surface area is 219 Å². The van der Waals surface area contributed by atoms with Crippen molar-refractivity contribution in [3.63, 3.8) is 0 Å². The highest BCUT2D eigenvalue weighted by molar-refractivity contribution is 8.18. The molecule has 4 aromatic rings. The monoisotopic (exact) mass is 535 g/mol. The number of furan rings is 1. The van der Waals surface area contributed by atoms with E-state index in [1.54, 1.807) is 42.6 Å². The number of fused-ring (bicyclic) bond motifs is 1. The van der Waals surface area contributed by atoms with E-state index in [-0.39, 0.29) is 17.2 Å². The van der Waals surface area contributed by atoms with Crippen LogP contribution in [0.2, 0.25) is 5.02 Å². The van der Waals surface area contributed by atoms with Gasteiger partial charge in [-0.15, -0.1) is 0 Å². The molecule has 9 nitrogen and oxygen atoms in total. The number of benzene rings is 2. The van der Waals surface area contributed by atoms with Crippen molar-refractivity contribution in [2.45, 2.75) is 6.54 Å². The molecule has 5 rings (SSSR count). The van der Waals surface area contributed by atoms with Gasteiger partial charge in [-0.2, -0.15) is 0 Å². The van der Waals surface area contributed by atoms with E-state index in [1.807, 2.05) is 28.8 Å². The van der Waals surface area contributed by atoms with Crippen molar-refractivity contribution in [2.75, 3.05) is 11.9 Å². The van der Waals surface area contributed by atoms with Crippen molar-refractivity contribution in [1.29, 1.82) is 0 Å². The molecule has 0 unspecified atom stereocenters. The van der Waals surface area contributed by atoms with Crippen LogP contribution in [0.25, 0.3) is 17.0 Å². The number of anilines is 1. The van der Waals surface area contributed by atoms with Gasteiger partial charge >= 0.3 is 5.97 Å². The number of aromatic carboxylic acids is 1. The molecule has 1 aliphatic heterocycles. The predicted octanol–water partition coefficient (Wildman–Crippen LogP) is 5.31. The summed E-state index contributed by atoms with van der Waals surface area (Å²) in [5.41, 5.74) is 2.03. The second-order valence-corrected chi connectivity index (χ2v) is 9.55. The number of nitrogens with one attached hydrogen (secondary N) is 1. The van der Waals surface area contributed by atoms with Crippen molar-refractivity contribution in [3.05, 3.63) is 93.9 Å². The molecule has 11 heteroatoms. The number of aromatic nitrogens is 1. The van der Waals surface area contributed by atoms with E-state index in [9.17, 15) is 19.2 Å². The summed E-state index contributed by atoms with van der Waals surface area (Å²) in [6.45, 7) is -0.148. The number of carbonyl (C=O) groups excluding carboxylic acids is 3. The number of halogens is 1. The van der Waals surface area contributed by atoms with Gasteiger partial charge in [-0.3, -0.25) is 19.3 Å². The van der Waals surface area contributed by atoms with Gasteiger partial charge in [0.15, 0.2) is 0 Å². The summed E-state index contributed by atoms with van der Waals surface area (Å²) in [5.74, 6) is -1.92. The van der Waals surface area contributed by atoms with Crippen LogP contribution in [-0.2, 0) is 16.1 Å². The van der Waals surface area contributed by atoms with E-state index in [2.05, 4.69) is 5.32 Å². The zero-order chi connectivity index (χ0) is 26.1. The van der Waals surface area contributed by atoms with E-state index < -0.39 is 29.6 Å². The molecule has 37 heavy (non-hydrogen) atoms. The number of para-hydroxylation sites is 1. The van der Waals surface area contributed by atoms with Crippen LogP contribution in [0.3, 0.4) is 0 Å². The first kappa shape index (κ1) is 24.4. The van der Waals surface area contributed by atoms with Crippen LogP contribution in [-0.4, -0.2) is 44.1 Å². The van der Waals surface area contributed by atoms with E-state index in [0.717, 1.165) is 27.6 Å². The van der Waals surface area contributed by atoms with Crippen LogP contribution in [0, 0.1) is 0 Å². The molecule has 1 aliphatic rings. The number of rotatable bonds is 7. The Balaban J connectivity index is 1.36. The summed E-state index contributed by atoms with van der Waals surface area (Å²) in [6, 6.07) is 17.0. The molecule has 0 radical (unpaired) electrons. The van der Waals surface area contributed by atoms with Crippen molar-refractivity contribution in [3.8, 4) is 0 Å². The molecule has 2 N–H and O–H groups in total. The summed E-state index contributed by atoms with van der Waals surface area (Å²) in [4.78, 5) is 50.2. The predicted molar refractivity (Wildman–Crippen MR) is 139 cm³/mol. The number of thioether (sulfide) groups is 1. The Morgan fingerprint density at radius 1 is 1.05 bits per heavy atom. The second kappa shape index (κ2) is 10.00. The fraction of sp³-hybridized carbons (Fsp3) is 0.0769. The highest BCUT2D eigenvalue weighted by Crippen LogP contribution is 2.34. The zero-order valence-electron chi connectivity index (χ0n) is 19.0. The van der Waals surface area contributed by atoms with Crippen LogP contribution < -0.4 is 5.32 Å². The number of nitrogens with zero attached hydrogens (tertiary/aromatic N) is 2. The minimum absolute atomic E-state index is 0.152. The van der Waals surface area contributed by atoms with Crippen molar-refractivity contribution < 1.29 is 28.7 Å². The first-order chi connectivity index (χ1) is 17.8. The maximum atomic E-state index is 13.0. The Morgan fingerprint density at radius 2 is 1.81 bits per heavy atom. The van der Waals surface area contributed by atoms with E-state index >= 15 is 0 Å². The van der Waals surface area contributed by atoms with Gasteiger partial charge in [-0.25, -0.2) is 4.79 Å². The molecular weight excluding hydrogens is 518 g/mol. The van der Waals surface area contributed by atoms with Crippen molar-refractivity contribution >= 4 is 69.1 Å². The standard InChI is InChI=1S/C26H18ClN3O6S/c27-16-5-7-17(8-6-16)28-23(31)14-30-24(32)22(37-26(30)35)11-15-12-29(20-4-2-1-3-19(15)20)13-18-9-10-21(36-18)25(33)34/h1-12H,13-14H2,(H,28,31)(H,33,34)/b22-11-. The minimum atomic E-state index is -1.15.